The van der Waals surface area contributed by atoms with Crippen LogP contribution in [-0.4, -0.2) is 15.5 Å². The van der Waals surface area contributed by atoms with Crippen molar-refractivity contribution in [3.63, 3.8) is 0 Å². The van der Waals surface area contributed by atoms with Crippen molar-refractivity contribution in [2.75, 3.05) is 11.8 Å². The molecule has 0 aliphatic carbocycles. The van der Waals surface area contributed by atoms with Crippen LogP contribution in [0, 0.1) is 12.7 Å². The van der Waals surface area contributed by atoms with Crippen LogP contribution in [-0.2, 0) is 10.0 Å². The third kappa shape index (κ3) is 4.37. The van der Waals surface area contributed by atoms with Crippen LogP contribution in [0.2, 0.25) is 5.02 Å². The third-order valence-electron chi connectivity index (χ3n) is 3.91. The lowest BCUT2D eigenvalue weighted by molar-refractivity contribution is 0.379. The van der Waals surface area contributed by atoms with Gasteiger partial charge in [0, 0.05) is 5.02 Å². The molecular weight excluding hydrogens is 405 g/mol. The quantitative estimate of drug-likeness (QED) is 0.579. The van der Waals surface area contributed by atoms with Crippen LogP contribution in [0.25, 0.3) is 0 Å². The van der Waals surface area contributed by atoms with Crippen LogP contribution in [0.15, 0.2) is 65.6 Å². The Labute approximate surface area is 167 Å². The van der Waals surface area contributed by atoms with E-state index in [0.717, 1.165) is 6.07 Å². The van der Waals surface area contributed by atoms with E-state index in [-0.39, 0.29) is 21.9 Å². The number of para-hydroxylation sites is 2. The van der Waals surface area contributed by atoms with Gasteiger partial charge in [0.15, 0.2) is 17.2 Å². The monoisotopic (exact) mass is 421 g/mol. The second kappa shape index (κ2) is 8.08. The molecular formula is C20H17ClFNO4S. The molecule has 0 saturated heterocycles. The number of hydrogen-bond donors (Lipinski definition) is 1. The first-order valence-corrected chi connectivity index (χ1v) is 10.1. The lowest BCUT2D eigenvalue weighted by Crippen LogP contribution is -2.14. The van der Waals surface area contributed by atoms with Gasteiger partial charge >= 0.3 is 0 Å². The maximum absolute atomic E-state index is 13.5. The molecule has 28 heavy (non-hydrogen) atoms. The Bertz CT molecular complexity index is 1120. The highest BCUT2D eigenvalue weighted by Gasteiger charge is 2.19. The summed E-state index contributed by atoms with van der Waals surface area (Å²) in [5.41, 5.74) is 0.361. The number of ether oxygens (including phenoxy) is 2. The molecule has 5 nitrogen and oxygen atoms in total. The SMILES string of the molecule is COc1ccccc1Oc1ccc(Cl)cc1NS(=O)(=O)c1ccc(F)c(C)c1. The molecule has 1 N–H and O–H groups in total. The Hall–Kier alpha value is -2.77. The van der Waals surface area contributed by atoms with Crippen molar-refractivity contribution in [1.82, 2.24) is 0 Å². The normalized spacial score (nSPS) is 11.1. The zero-order valence-electron chi connectivity index (χ0n) is 15.1. The van der Waals surface area contributed by atoms with E-state index in [1.165, 1.54) is 32.2 Å². The van der Waals surface area contributed by atoms with E-state index in [2.05, 4.69) is 4.72 Å². The first kappa shape index (κ1) is 20.0. The summed E-state index contributed by atoms with van der Waals surface area (Å²) in [7, 11) is -2.48. The lowest BCUT2D eigenvalue weighted by atomic mass is 10.2. The van der Waals surface area contributed by atoms with Crippen molar-refractivity contribution in [3.05, 3.63) is 77.1 Å². The standard InChI is InChI=1S/C20H17ClFNO4S/c1-13-11-15(8-9-16(13)22)28(24,25)23-17-12-14(21)7-10-18(17)27-20-6-4-3-5-19(20)26-2/h3-12,23H,1-2H3. The minimum atomic E-state index is -3.99. The average molecular weight is 422 g/mol. The van der Waals surface area contributed by atoms with Crippen molar-refractivity contribution < 1.29 is 22.3 Å². The van der Waals surface area contributed by atoms with Crippen LogP contribution in [0.5, 0.6) is 17.2 Å². The fraction of sp³-hybridized carbons (Fsp3) is 0.100. The number of anilines is 1. The predicted octanol–water partition coefficient (Wildman–Crippen LogP) is 5.39. The third-order valence-corrected chi connectivity index (χ3v) is 5.51. The number of aryl methyl sites for hydroxylation is 1. The molecule has 146 valence electrons. The molecule has 0 bridgehead atoms. The van der Waals surface area contributed by atoms with Crippen molar-refractivity contribution in [2.24, 2.45) is 0 Å². The molecule has 0 unspecified atom stereocenters. The highest BCUT2D eigenvalue weighted by Crippen LogP contribution is 2.37. The largest absolute Gasteiger partial charge is 0.493 e. The number of sulfonamides is 1. The average Bonchev–Trinajstić information content (AvgIpc) is 2.66. The van der Waals surface area contributed by atoms with Gasteiger partial charge in [-0.1, -0.05) is 23.7 Å². The summed E-state index contributed by atoms with van der Waals surface area (Å²) in [6.07, 6.45) is 0. The van der Waals surface area contributed by atoms with Gasteiger partial charge in [-0.15, -0.1) is 0 Å². The summed E-state index contributed by atoms with van der Waals surface area (Å²) in [5.74, 6) is 0.643. The molecule has 3 aromatic carbocycles. The minimum Gasteiger partial charge on any atom is -0.493 e. The number of nitrogens with one attached hydrogen (secondary N) is 1. The van der Waals surface area contributed by atoms with Crippen molar-refractivity contribution >= 4 is 27.3 Å². The van der Waals surface area contributed by atoms with Gasteiger partial charge in [-0.3, -0.25) is 4.72 Å². The van der Waals surface area contributed by atoms with E-state index in [4.69, 9.17) is 21.1 Å². The molecule has 0 aliphatic heterocycles. The van der Waals surface area contributed by atoms with E-state index >= 15 is 0 Å². The summed E-state index contributed by atoms with van der Waals surface area (Å²) in [4.78, 5) is -0.0744. The topological polar surface area (TPSA) is 64.6 Å². The molecule has 3 rings (SSSR count). The Balaban J connectivity index is 1.97. The van der Waals surface area contributed by atoms with E-state index in [9.17, 15) is 12.8 Å². The van der Waals surface area contributed by atoms with E-state index in [1.807, 2.05) is 0 Å². The van der Waals surface area contributed by atoms with E-state index < -0.39 is 15.8 Å². The molecule has 0 saturated carbocycles. The summed E-state index contributed by atoms with van der Waals surface area (Å²) in [6, 6.07) is 15.1. The molecule has 8 heteroatoms. The number of halogens is 2. The van der Waals surface area contributed by atoms with Crippen LogP contribution in [0.3, 0.4) is 0 Å². The van der Waals surface area contributed by atoms with Crippen molar-refractivity contribution in [2.45, 2.75) is 11.8 Å². The molecule has 0 fully saturated rings. The first-order chi connectivity index (χ1) is 13.3. The Morgan fingerprint density at radius 1 is 0.964 bits per heavy atom. The Morgan fingerprint density at radius 2 is 1.68 bits per heavy atom. The van der Waals surface area contributed by atoms with Gasteiger partial charge in [0.1, 0.15) is 5.82 Å². The summed E-state index contributed by atoms with van der Waals surface area (Å²) < 4.78 is 52.5. The summed E-state index contributed by atoms with van der Waals surface area (Å²) in [6.45, 7) is 1.49. The van der Waals surface area contributed by atoms with Gasteiger partial charge < -0.3 is 9.47 Å². The van der Waals surface area contributed by atoms with Crippen LogP contribution >= 0.6 is 11.6 Å². The van der Waals surface area contributed by atoms with Crippen LogP contribution in [0.1, 0.15) is 5.56 Å². The van der Waals surface area contributed by atoms with Crippen LogP contribution in [0.4, 0.5) is 10.1 Å². The fourth-order valence-corrected chi connectivity index (χ4v) is 3.80. The van der Waals surface area contributed by atoms with Gasteiger partial charge in [-0.05, 0) is 61.0 Å². The number of hydrogen-bond acceptors (Lipinski definition) is 4. The molecule has 0 atom stereocenters. The number of rotatable bonds is 6. The Kier molecular flexibility index (Phi) is 5.76. The first-order valence-electron chi connectivity index (χ1n) is 8.19. The van der Waals surface area contributed by atoms with E-state index in [0.29, 0.717) is 16.5 Å². The predicted molar refractivity (Wildman–Crippen MR) is 106 cm³/mol. The highest BCUT2D eigenvalue weighted by molar-refractivity contribution is 7.92. The van der Waals surface area contributed by atoms with Gasteiger partial charge in [-0.2, -0.15) is 0 Å². The molecule has 0 radical (unpaired) electrons. The molecule has 0 aromatic heterocycles. The molecule has 0 aliphatic rings. The van der Waals surface area contributed by atoms with Crippen LogP contribution < -0.4 is 14.2 Å². The lowest BCUT2D eigenvalue weighted by Gasteiger charge is -2.15. The summed E-state index contributed by atoms with van der Waals surface area (Å²) in [5, 5.41) is 0.320. The van der Waals surface area contributed by atoms with Crippen molar-refractivity contribution in [1.29, 1.82) is 0 Å². The smallest absolute Gasteiger partial charge is 0.262 e. The molecule has 0 spiro atoms. The highest BCUT2D eigenvalue weighted by atomic mass is 35.5. The number of benzene rings is 3. The number of methoxy groups -OCH3 is 1. The van der Waals surface area contributed by atoms with Crippen molar-refractivity contribution in [3.8, 4) is 17.2 Å². The summed E-state index contributed by atoms with van der Waals surface area (Å²) >= 11 is 6.03. The van der Waals surface area contributed by atoms with Gasteiger partial charge in [0.05, 0.1) is 17.7 Å². The maximum atomic E-state index is 13.5. The zero-order valence-corrected chi connectivity index (χ0v) is 16.6. The van der Waals surface area contributed by atoms with Gasteiger partial charge in [0.2, 0.25) is 0 Å². The Morgan fingerprint density at radius 3 is 2.36 bits per heavy atom. The maximum Gasteiger partial charge on any atom is 0.262 e. The minimum absolute atomic E-state index is 0.0744. The van der Waals surface area contributed by atoms with Gasteiger partial charge in [0.25, 0.3) is 10.0 Å². The second-order valence-electron chi connectivity index (χ2n) is 5.91. The zero-order chi connectivity index (χ0) is 20.3. The van der Waals surface area contributed by atoms with E-state index in [1.54, 1.807) is 36.4 Å². The fourth-order valence-electron chi connectivity index (χ4n) is 2.48. The molecule has 0 amide bonds. The second-order valence-corrected chi connectivity index (χ2v) is 8.03. The molecule has 0 heterocycles. The van der Waals surface area contributed by atoms with Gasteiger partial charge in [-0.25, -0.2) is 12.8 Å². The molecule has 3 aromatic rings.